The lowest BCUT2D eigenvalue weighted by atomic mass is 9.92. The van der Waals surface area contributed by atoms with Crippen LogP contribution >= 0.6 is 0 Å². The van der Waals surface area contributed by atoms with Crippen LogP contribution < -0.4 is 0 Å². The second-order valence-electron chi connectivity index (χ2n) is 9.74. The van der Waals surface area contributed by atoms with Gasteiger partial charge in [-0.05, 0) is 29.9 Å². The molecule has 0 bridgehead atoms. The van der Waals surface area contributed by atoms with Crippen LogP contribution in [0.25, 0.3) is 0 Å². The van der Waals surface area contributed by atoms with E-state index in [1.54, 1.807) is 4.90 Å². The maximum Gasteiger partial charge on any atom is 0.245 e. The molecule has 1 saturated carbocycles. The molecule has 3 amide bonds. The van der Waals surface area contributed by atoms with Gasteiger partial charge in [0.2, 0.25) is 17.7 Å². The fourth-order valence-electron chi connectivity index (χ4n) is 5.26. The number of hydrogen-bond donors (Lipinski definition) is 0. The maximum atomic E-state index is 13.5. The summed E-state index contributed by atoms with van der Waals surface area (Å²) in [4.78, 5) is 44.9. The van der Waals surface area contributed by atoms with E-state index in [1.807, 2.05) is 35.8 Å². The van der Waals surface area contributed by atoms with Crippen molar-refractivity contribution in [1.29, 1.82) is 0 Å². The quantitative estimate of drug-likeness (QED) is 0.745. The van der Waals surface area contributed by atoms with Crippen LogP contribution in [0.5, 0.6) is 0 Å². The predicted octanol–water partition coefficient (Wildman–Crippen LogP) is 2.85. The Morgan fingerprint density at radius 3 is 2.10 bits per heavy atom. The molecule has 1 unspecified atom stereocenters. The third kappa shape index (κ3) is 4.78. The Morgan fingerprint density at radius 2 is 1.48 bits per heavy atom. The van der Waals surface area contributed by atoms with Gasteiger partial charge >= 0.3 is 0 Å². The van der Waals surface area contributed by atoms with Crippen molar-refractivity contribution >= 4 is 17.7 Å². The van der Waals surface area contributed by atoms with Crippen LogP contribution in [0.15, 0.2) is 24.3 Å². The molecule has 1 saturated heterocycles. The first kappa shape index (κ1) is 21.8. The van der Waals surface area contributed by atoms with Crippen LogP contribution in [0.4, 0.5) is 0 Å². The van der Waals surface area contributed by atoms with Gasteiger partial charge in [0.25, 0.3) is 0 Å². The molecule has 0 aromatic heterocycles. The molecule has 0 radical (unpaired) electrons. The second-order valence-corrected chi connectivity index (χ2v) is 9.74. The number of hydrogen-bond acceptors (Lipinski definition) is 3. The largest absolute Gasteiger partial charge is 0.339 e. The van der Waals surface area contributed by atoms with Gasteiger partial charge in [0.05, 0.1) is 0 Å². The van der Waals surface area contributed by atoms with Gasteiger partial charge in [-0.1, -0.05) is 51.0 Å². The average molecular weight is 426 g/mol. The van der Waals surface area contributed by atoms with E-state index in [0.29, 0.717) is 45.6 Å². The lowest BCUT2D eigenvalue weighted by molar-refractivity contribution is -0.150. The zero-order valence-corrected chi connectivity index (χ0v) is 18.9. The number of nitrogens with zero attached hydrogens (tertiary/aromatic N) is 3. The highest BCUT2D eigenvalue weighted by atomic mass is 16.2. The molecule has 2 fully saturated rings. The lowest BCUT2D eigenvalue weighted by Crippen LogP contribution is -2.58. The zero-order valence-electron chi connectivity index (χ0n) is 18.9. The maximum absolute atomic E-state index is 13.5. The molecule has 4 rings (SSSR count). The summed E-state index contributed by atoms with van der Waals surface area (Å²) in [6.07, 6.45) is 5.34. The van der Waals surface area contributed by atoms with E-state index in [4.69, 9.17) is 0 Å². The van der Waals surface area contributed by atoms with Gasteiger partial charge in [-0.15, -0.1) is 0 Å². The molecule has 1 atom stereocenters. The monoisotopic (exact) mass is 425 g/mol. The Bertz CT molecular complexity index is 823. The van der Waals surface area contributed by atoms with E-state index in [9.17, 15) is 14.4 Å². The summed E-state index contributed by atoms with van der Waals surface area (Å²) in [6, 6.07) is 7.67. The molecule has 6 heteroatoms. The molecule has 31 heavy (non-hydrogen) atoms. The number of rotatable bonds is 4. The molecule has 0 spiro atoms. The minimum absolute atomic E-state index is 0.0274. The highest BCUT2D eigenvalue weighted by Gasteiger charge is 2.38. The smallest absolute Gasteiger partial charge is 0.245 e. The van der Waals surface area contributed by atoms with Crippen molar-refractivity contribution in [1.82, 2.24) is 14.7 Å². The molecule has 6 nitrogen and oxygen atoms in total. The molecule has 168 valence electrons. The van der Waals surface area contributed by atoms with Crippen molar-refractivity contribution in [2.45, 2.75) is 65.0 Å². The van der Waals surface area contributed by atoms with E-state index in [0.717, 1.165) is 36.8 Å². The highest BCUT2D eigenvalue weighted by Crippen LogP contribution is 2.28. The van der Waals surface area contributed by atoms with Crippen LogP contribution in [0.1, 0.15) is 57.1 Å². The summed E-state index contributed by atoms with van der Waals surface area (Å²) in [6.45, 7) is 6.89. The van der Waals surface area contributed by atoms with Crippen molar-refractivity contribution in [2.75, 3.05) is 26.2 Å². The van der Waals surface area contributed by atoms with Crippen molar-refractivity contribution in [3.63, 3.8) is 0 Å². The van der Waals surface area contributed by atoms with Gasteiger partial charge in [0, 0.05) is 51.5 Å². The Morgan fingerprint density at radius 1 is 0.903 bits per heavy atom. The van der Waals surface area contributed by atoms with Crippen molar-refractivity contribution < 1.29 is 14.4 Å². The summed E-state index contributed by atoms with van der Waals surface area (Å²) < 4.78 is 0. The SMILES string of the molecule is CC(C)CC(=O)N1Cc2ccccc2CC1C(=O)N1CCN(C(=O)C2CCCC2)CC1. The summed E-state index contributed by atoms with van der Waals surface area (Å²) in [7, 11) is 0. The molecule has 0 N–H and O–H groups in total. The minimum Gasteiger partial charge on any atom is -0.339 e. The van der Waals surface area contributed by atoms with Crippen LogP contribution in [0.3, 0.4) is 0 Å². The molecular formula is C25H35N3O3. The van der Waals surface area contributed by atoms with E-state index < -0.39 is 6.04 Å². The number of fused-ring (bicyclic) bond motifs is 1. The van der Waals surface area contributed by atoms with Gasteiger partial charge < -0.3 is 14.7 Å². The third-order valence-electron chi connectivity index (χ3n) is 7.04. The van der Waals surface area contributed by atoms with Crippen molar-refractivity contribution in [2.24, 2.45) is 11.8 Å². The minimum atomic E-state index is -0.446. The van der Waals surface area contributed by atoms with E-state index >= 15 is 0 Å². The molecule has 2 heterocycles. The molecular weight excluding hydrogens is 390 g/mol. The topological polar surface area (TPSA) is 60.9 Å². The number of carbonyl (C=O) groups excluding carboxylic acids is 3. The van der Waals surface area contributed by atoms with Crippen LogP contribution in [0, 0.1) is 11.8 Å². The molecule has 1 aromatic carbocycles. The normalized spacial score (nSPS) is 22.0. The summed E-state index contributed by atoms with van der Waals surface area (Å²) in [5, 5.41) is 0. The van der Waals surface area contributed by atoms with E-state index in [2.05, 4.69) is 12.1 Å². The highest BCUT2D eigenvalue weighted by molar-refractivity contribution is 5.89. The summed E-state index contributed by atoms with van der Waals surface area (Å²) in [5.41, 5.74) is 2.29. The predicted molar refractivity (Wildman–Crippen MR) is 119 cm³/mol. The summed E-state index contributed by atoms with van der Waals surface area (Å²) >= 11 is 0. The molecule has 1 aliphatic carbocycles. The van der Waals surface area contributed by atoms with Gasteiger partial charge in [-0.25, -0.2) is 0 Å². The Kier molecular flexibility index (Phi) is 6.63. The zero-order chi connectivity index (χ0) is 22.0. The first-order valence-electron chi connectivity index (χ1n) is 11.9. The van der Waals surface area contributed by atoms with Crippen LogP contribution in [-0.2, 0) is 27.3 Å². The fourth-order valence-corrected chi connectivity index (χ4v) is 5.26. The van der Waals surface area contributed by atoms with Crippen LogP contribution in [-0.4, -0.2) is 64.6 Å². The van der Waals surface area contributed by atoms with E-state index in [-0.39, 0.29) is 29.6 Å². The standard InChI is InChI=1S/C25H35N3O3/c1-18(2)15-23(29)28-17-21-10-6-5-9-20(21)16-22(28)25(31)27-13-11-26(12-14-27)24(30)19-7-3-4-8-19/h5-6,9-10,18-19,22H,3-4,7-8,11-17H2,1-2H3. The van der Waals surface area contributed by atoms with E-state index in [1.165, 1.54) is 0 Å². The fraction of sp³-hybridized carbons (Fsp3) is 0.640. The molecule has 3 aliphatic rings. The first-order valence-corrected chi connectivity index (χ1v) is 11.9. The molecule has 1 aromatic rings. The number of amides is 3. The Hall–Kier alpha value is -2.37. The Balaban J connectivity index is 1.44. The van der Waals surface area contributed by atoms with Gasteiger partial charge in [0.1, 0.15) is 6.04 Å². The Labute approximate surface area is 185 Å². The molecule has 2 aliphatic heterocycles. The average Bonchev–Trinajstić information content (AvgIpc) is 3.32. The summed E-state index contributed by atoms with van der Waals surface area (Å²) in [5.74, 6) is 0.786. The third-order valence-corrected chi connectivity index (χ3v) is 7.04. The lowest BCUT2D eigenvalue weighted by Gasteiger charge is -2.42. The van der Waals surface area contributed by atoms with Crippen molar-refractivity contribution in [3.05, 3.63) is 35.4 Å². The number of piperazine rings is 1. The van der Waals surface area contributed by atoms with Gasteiger partial charge in [-0.3, -0.25) is 14.4 Å². The first-order chi connectivity index (χ1) is 14.9. The van der Waals surface area contributed by atoms with Crippen LogP contribution in [0.2, 0.25) is 0 Å². The second kappa shape index (κ2) is 9.41. The van der Waals surface area contributed by atoms with Crippen molar-refractivity contribution in [3.8, 4) is 0 Å². The number of benzene rings is 1. The van der Waals surface area contributed by atoms with Gasteiger partial charge in [-0.2, -0.15) is 0 Å². The number of carbonyl (C=O) groups is 3. The van der Waals surface area contributed by atoms with Gasteiger partial charge in [0.15, 0.2) is 0 Å².